The molecule has 12 nitrogen and oxygen atoms in total. The first-order valence-electron chi connectivity index (χ1n) is 10.1. The van der Waals surface area contributed by atoms with Gasteiger partial charge in [0.05, 0.1) is 39.0 Å². The number of nitrogens with one attached hydrogen (secondary N) is 2. The molecule has 3 rings (SSSR count). The third-order valence-electron chi connectivity index (χ3n) is 4.69. The van der Waals surface area contributed by atoms with Crippen LogP contribution in [-0.2, 0) is 4.79 Å². The van der Waals surface area contributed by atoms with Gasteiger partial charge in [-0.2, -0.15) is 5.10 Å². The minimum absolute atomic E-state index is 0.0602. The minimum atomic E-state index is -0.576. The molecule has 0 spiro atoms. The zero-order valence-electron chi connectivity index (χ0n) is 19.1. The molecule has 1 aromatic heterocycles. The number of hydrogen-bond acceptors (Lipinski definition) is 9. The number of methoxy groups -OCH3 is 3. The standard InChI is InChI=1S/C23H22N4O8/c1-32-19-10-15(11-20(33-2)22(19)34-3)23(29)24-13-21(28)26-25-12-17-7-8-18(35-17)14-5-4-6-16(9-14)27(30)31/h4-12H,13H2,1-3H3,(H,24,29)(H,26,28)/b25-12-. The summed E-state index contributed by atoms with van der Waals surface area (Å²) >= 11 is 0. The number of nitrogens with zero attached hydrogens (tertiary/aromatic N) is 2. The summed E-state index contributed by atoms with van der Waals surface area (Å²) in [6.45, 7) is -0.343. The summed E-state index contributed by atoms with van der Waals surface area (Å²) in [6, 6.07) is 12.1. The first kappa shape index (κ1) is 24.8. The molecule has 3 aromatic rings. The van der Waals surface area contributed by atoms with Crippen LogP contribution in [0.3, 0.4) is 0 Å². The van der Waals surface area contributed by atoms with Crippen LogP contribution in [0.15, 0.2) is 58.0 Å². The van der Waals surface area contributed by atoms with Crippen LogP contribution in [-0.4, -0.2) is 50.8 Å². The van der Waals surface area contributed by atoms with Crippen molar-refractivity contribution in [2.24, 2.45) is 5.10 Å². The number of amides is 2. The van der Waals surface area contributed by atoms with Crippen LogP contribution < -0.4 is 25.0 Å². The molecule has 0 atom stereocenters. The summed E-state index contributed by atoms with van der Waals surface area (Å²) < 4.78 is 21.2. The van der Waals surface area contributed by atoms with Crippen molar-refractivity contribution < 1.29 is 33.1 Å². The predicted molar refractivity (Wildman–Crippen MR) is 125 cm³/mol. The van der Waals surface area contributed by atoms with E-state index >= 15 is 0 Å². The molecule has 0 aliphatic rings. The van der Waals surface area contributed by atoms with Gasteiger partial charge in [-0.25, -0.2) is 5.43 Å². The zero-order valence-corrected chi connectivity index (χ0v) is 19.1. The molecule has 182 valence electrons. The molecule has 1 heterocycles. The number of carbonyl (C=O) groups excluding carboxylic acids is 2. The Bertz CT molecular complexity index is 1240. The van der Waals surface area contributed by atoms with E-state index in [0.717, 1.165) is 0 Å². The highest BCUT2D eigenvalue weighted by molar-refractivity contribution is 5.97. The Morgan fingerprint density at radius 1 is 1.06 bits per heavy atom. The number of hydrazone groups is 1. The lowest BCUT2D eigenvalue weighted by Crippen LogP contribution is -2.34. The van der Waals surface area contributed by atoms with Gasteiger partial charge in [-0.1, -0.05) is 12.1 Å². The summed E-state index contributed by atoms with van der Waals surface area (Å²) in [5, 5.41) is 17.2. The molecule has 0 aliphatic heterocycles. The summed E-state index contributed by atoms with van der Waals surface area (Å²) in [4.78, 5) is 34.9. The molecule has 0 bridgehead atoms. The van der Waals surface area contributed by atoms with Crippen molar-refractivity contribution in [2.45, 2.75) is 0 Å². The quantitative estimate of drug-likeness (QED) is 0.254. The first-order valence-corrected chi connectivity index (χ1v) is 10.1. The number of benzene rings is 2. The zero-order chi connectivity index (χ0) is 25.4. The number of nitro benzene ring substituents is 1. The topological polar surface area (TPSA) is 155 Å². The van der Waals surface area contributed by atoms with E-state index in [4.69, 9.17) is 18.6 Å². The molecule has 0 fully saturated rings. The van der Waals surface area contributed by atoms with E-state index in [2.05, 4.69) is 15.8 Å². The third-order valence-corrected chi connectivity index (χ3v) is 4.69. The van der Waals surface area contributed by atoms with Crippen LogP contribution in [0.25, 0.3) is 11.3 Å². The van der Waals surface area contributed by atoms with E-state index < -0.39 is 16.7 Å². The maximum absolute atomic E-state index is 12.4. The van der Waals surface area contributed by atoms with E-state index in [1.165, 1.54) is 51.8 Å². The number of rotatable bonds is 10. The molecule has 2 N–H and O–H groups in total. The average Bonchev–Trinajstić information content (AvgIpc) is 3.35. The van der Waals surface area contributed by atoms with Crippen molar-refractivity contribution in [3.63, 3.8) is 0 Å². The molecule has 0 radical (unpaired) electrons. The summed E-state index contributed by atoms with van der Waals surface area (Å²) in [5.41, 5.74) is 2.95. The van der Waals surface area contributed by atoms with Gasteiger partial charge in [0.15, 0.2) is 11.5 Å². The number of nitro groups is 1. The Morgan fingerprint density at radius 3 is 2.40 bits per heavy atom. The SMILES string of the molecule is COc1cc(C(=O)NCC(=O)N/N=C\c2ccc(-c3cccc([N+](=O)[O-])c3)o2)cc(OC)c1OC. The Morgan fingerprint density at radius 2 is 1.77 bits per heavy atom. The summed E-state index contributed by atoms with van der Waals surface area (Å²) in [6.07, 6.45) is 1.26. The van der Waals surface area contributed by atoms with Gasteiger partial charge < -0.3 is 23.9 Å². The molecule has 2 aromatic carbocycles. The highest BCUT2D eigenvalue weighted by Crippen LogP contribution is 2.38. The van der Waals surface area contributed by atoms with Gasteiger partial charge in [-0.15, -0.1) is 0 Å². The van der Waals surface area contributed by atoms with Gasteiger partial charge in [0.2, 0.25) is 5.75 Å². The van der Waals surface area contributed by atoms with Crippen molar-refractivity contribution in [3.05, 3.63) is 70.0 Å². The molecule has 35 heavy (non-hydrogen) atoms. The second-order valence-electron chi connectivity index (χ2n) is 6.90. The van der Waals surface area contributed by atoms with Crippen LogP contribution in [0.5, 0.6) is 17.2 Å². The van der Waals surface area contributed by atoms with Crippen molar-refractivity contribution >= 4 is 23.7 Å². The number of non-ortho nitro benzene ring substituents is 1. The average molecular weight is 482 g/mol. The smallest absolute Gasteiger partial charge is 0.270 e. The summed E-state index contributed by atoms with van der Waals surface area (Å²) in [7, 11) is 4.30. The Kier molecular flexibility index (Phi) is 8.01. The number of hydrogen-bond donors (Lipinski definition) is 2. The first-order chi connectivity index (χ1) is 16.9. The Balaban J connectivity index is 1.56. The predicted octanol–water partition coefficient (Wildman–Crippen LogP) is 2.76. The van der Waals surface area contributed by atoms with Crippen LogP contribution in [0.2, 0.25) is 0 Å². The highest BCUT2D eigenvalue weighted by Gasteiger charge is 2.17. The molecule has 12 heteroatoms. The van der Waals surface area contributed by atoms with Crippen LogP contribution in [0.4, 0.5) is 5.69 Å². The lowest BCUT2D eigenvalue weighted by Gasteiger charge is -2.14. The van der Waals surface area contributed by atoms with Crippen molar-refractivity contribution in [3.8, 4) is 28.6 Å². The largest absolute Gasteiger partial charge is 0.493 e. The van der Waals surface area contributed by atoms with Crippen LogP contribution >= 0.6 is 0 Å². The molecule has 0 saturated carbocycles. The maximum atomic E-state index is 12.4. The lowest BCUT2D eigenvalue weighted by atomic mass is 10.1. The van der Waals surface area contributed by atoms with Gasteiger partial charge in [-0.3, -0.25) is 19.7 Å². The van der Waals surface area contributed by atoms with Gasteiger partial charge in [0.1, 0.15) is 11.5 Å². The van der Waals surface area contributed by atoms with Gasteiger partial charge >= 0.3 is 0 Å². The summed E-state index contributed by atoms with van der Waals surface area (Å²) in [5.74, 6) is 0.545. The second-order valence-corrected chi connectivity index (χ2v) is 6.90. The van der Waals surface area contributed by atoms with E-state index in [-0.39, 0.29) is 17.8 Å². The fraction of sp³-hybridized carbons (Fsp3) is 0.174. The fourth-order valence-corrected chi connectivity index (χ4v) is 3.03. The molecule has 0 unspecified atom stereocenters. The van der Waals surface area contributed by atoms with Gasteiger partial charge in [-0.05, 0) is 24.3 Å². The normalized spacial score (nSPS) is 10.6. The molecular weight excluding hydrogens is 460 g/mol. The highest BCUT2D eigenvalue weighted by atomic mass is 16.6. The van der Waals surface area contributed by atoms with Crippen molar-refractivity contribution in [2.75, 3.05) is 27.9 Å². The molecule has 0 saturated heterocycles. The molecule has 0 aliphatic carbocycles. The minimum Gasteiger partial charge on any atom is -0.493 e. The maximum Gasteiger partial charge on any atom is 0.270 e. The number of ether oxygens (including phenoxy) is 3. The van der Waals surface area contributed by atoms with Crippen LogP contribution in [0.1, 0.15) is 16.1 Å². The van der Waals surface area contributed by atoms with E-state index in [0.29, 0.717) is 34.3 Å². The Hall–Kier alpha value is -4.87. The lowest BCUT2D eigenvalue weighted by molar-refractivity contribution is -0.384. The van der Waals surface area contributed by atoms with Crippen molar-refractivity contribution in [1.82, 2.24) is 10.7 Å². The number of furan rings is 1. The van der Waals surface area contributed by atoms with Gasteiger partial charge in [0.25, 0.3) is 17.5 Å². The van der Waals surface area contributed by atoms with E-state index in [1.54, 1.807) is 24.3 Å². The second kappa shape index (κ2) is 11.3. The molecule has 2 amide bonds. The van der Waals surface area contributed by atoms with E-state index in [1.807, 2.05) is 0 Å². The number of carbonyl (C=O) groups is 2. The van der Waals surface area contributed by atoms with Crippen LogP contribution in [0, 0.1) is 10.1 Å². The van der Waals surface area contributed by atoms with E-state index in [9.17, 15) is 19.7 Å². The third kappa shape index (κ3) is 6.13. The Labute approximate surface area is 199 Å². The molecular formula is C23H22N4O8. The monoisotopic (exact) mass is 482 g/mol. The fourth-order valence-electron chi connectivity index (χ4n) is 3.03. The van der Waals surface area contributed by atoms with Gasteiger partial charge in [0, 0.05) is 23.3 Å². The van der Waals surface area contributed by atoms with Crippen molar-refractivity contribution in [1.29, 1.82) is 0 Å².